The third-order valence-corrected chi connectivity index (χ3v) is 5.00. The first-order valence-corrected chi connectivity index (χ1v) is 7.99. The fraction of sp³-hybridized carbons (Fsp3) is 0.846. The predicted molar refractivity (Wildman–Crippen MR) is 74.4 cm³/mol. The van der Waals surface area contributed by atoms with Crippen LogP contribution in [-0.4, -0.2) is 21.9 Å². The lowest BCUT2D eigenvalue weighted by Crippen LogP contribution is -2.16. The van der Waals surface area contributed by atoms with Crippen molar-refractivity contribution in [1.29, 1.82) is 0 Å². The third kappa shape index (κ3) is 3.99. The maximum atomic E-state index is 5.69. The molecule has 2 rings (SSSR count). The van der Waals surface area contributed by atoms with Crippen molar-refractivity contribution >= 4 is 11.8 Å². The Balaban J connectivity index is 1.78. The largest absolute Gasteiger partial charge is 0.339 e. The minimum Gasteiger partial charge on any atom is -0.339 e. The van der Waals surface area contributed by atoms with E-state index in [1.165, 1.54) is 25.7 Å². The van der Waals surface area contributed by atoms with Crippen molar-refractivity contribution in [3.63, 3.8) is 0 Å². The summed E-state index contributed by atoms with van der Waals surface area (Å²) >= 11 is 1.97. The van der Waals surface area contributed by atoms with Crippen LogP contribution >= 0.6 is 11.8 Å². The van der Waals surface area contributed by atoms with Gasteiger partial charge in [-0.2, -0.15) is 16.7 Å². The Hall–Kier alpha value is -0.550. The maximum Gasteiger partial charge on any atom is 0.226 e. The predicted octanol–water partition coefficient (Wildman–Crippen LogP) is 2.77. The second-order valence-corrected chi connectivity index (χ2v) is 6.32. The molecule has 0 radical (unpaired) electrons. The molecule has 2 N–H and O–H groups in total. The van der Waals surface area contributed by atoms with Gasteiger partial charge in [-0.15, -0.1) is 0 Å². The monoisotopic (exact) mass is 269 g/mol. The zero-order valence-electron chi connectivity index (χ0n) is 11.1. The second-order valence-electron chi connectivity index (χ2n) is 5.04. The van der Waals surface area contributed by atoms with Crippen LogP contribution in [0.25, 0.3) is 0 Å². The Morgan fingerprint density at radius 3 is 2.89 bits per heavy atom. The summed E-state index contributed by atoms with van der Waals surface area (Å²) < 4.78 is 5.28. The van der Waals surface area contributed by atoms with E-state index in [-0.39, 0.29) is 0 Å². The molecule has 1 aliphatic rings. The van der Waals surface area contributed by atoms with Gasteiger partial charge in [0.1, 0.15) is 0 Å². The maximum absolute atomic E-state index is 5.69. The Kier molecular flexibility index (Phi) is 5.50. The molecule has 1 saturated carbocycles. The number of hydrogen-bond acceptors (Lipinski definition) is 5. The van der Waals surface area contributed by atoms with Crippen LogP contribution in [0.2, 0.25) is 0 Å². The molecule has 0 bridgehead atoms. The smallest absolute Gasteiger partial charge is 0.226 e. The lowest BCUT2D eigenvalue weighted by atomic mass is 10.0. The van der Waals surface area contributed by atoms with Gasteiger partial charge in [-0.3, -0.25) is 0 Å². The van der Waals surface area contributed by atoms with Crippen LogP contribution in [0.15, 0.2) is 4.52 Å². The van der Waals surface area contributed by atoms with Gasteiger partial charge in [0.05, 0.1) is 5.75 Å². The molecule has 5 heteroatoms. The van der Waals surface area contributed by atoms with E-state index in [0.717, 1.165) is 35.6 Å². The van der Waals surface area contributed by atoms with Crippen molar-refractivity contribution in [2.45, 2.75) is 56.5 Å². The van der Waals surface area contributed by atoms with Crippen molar-refractivity contribution < 1.29 is 4.52 Å². The zero-order valence-corrected chi connectivity index (χ0v) is 11.9. The molecular formula is C13H23N3OS. The lowest BCUT2D eigenvalue weighted by Gasteiger charge is -2.07. The van der Waals surface area contributed by atoms with Gasteiger partial charge in [-0.05, 0) is 25.3 Å². The quantitative estimate of drug-likeness (QED) is 0.824. The van der Waals surface area contributed by atoms with Gasteiger partial charge >= 0.3 is 0 Å². The van der Waals surface area contributed by atoms with Crippen molar-refractivity contribution in [2.24, 2.45) is 11.7 Å². The van der Waals surface area contributed by atoms with Crippen molar-refractivity contribution in [3.05, 3.63) is 11.7 Å². The van der Waals surface area contributed by atoms with E-state index in [2.05, 4.69) is 17.1 Å². The summed E-state index contributed by atoms with van der Waals surface area (Å²) in [7, 11) is 0. The summed E-state index contributed by atoms with van der Waals surface area (Å²) in [4.78, 5) is 4.45. The number of hydrogen-bond donors (Lipinski definition) is 1. The average molecular weight is 269 g/mol. The molecule has 1 aliphatic carbocycles. The Morgan fingerprint density at radius 1 is 1.44 bits per heavy atom. The molecule has 18 heavy (non-hydrogen) atoms. The minimum atomic E-state index is 0.459. The van der Waals surface area contributed by atoms with Gasteiger partial charge in [0, 0.05) is 11.7 Å². The van der Waals surface area contributed by atoms with Gasteiger partial charge in [-0.1, -0.05) is 31.3 Å². The standard InChI is InChI=1S/C13H23N3OS/c1-2-10(8-14)7-13-15-12(16-17-13)9-18-11-5-3-4-6-11/h10-11H,2-9,14H2,1H3. The highest BCUT2D eigenvalue weighted by Gasteiger charge is 2.17. The molecule has 0 saturated heterocycles. The first-order chi connectivity index (χ1) is 8.81. The van der Waals surface area contributed by atoms with Crippen LogP contribution in [0.1, 0.15) is 50.7 Å². The summed E-state index contributed by atoms with van der Waals surface area (Å²) in [5, 5.41) is 4.86. The number of aromatic nitrogens is 2. The van der Waals surface area contributed by atoms with Gasteiger partial charge in [-0.25, -0.2) is 0 Å². The fourth-order valence-corrected chi connectivity index (χ4v) is 3.49. The Bertz CT molecular complexity index is 346. The zero-order chi connectivity index (χ0) is 12.8. The average Bonchev–Trinajstić information content (AvgIpc) is 3.05. The van der Waals surface area contributed by atoms with Crippen LogP contribution < -0.4 is 5.73 Å². The van der Waals surface area contributed by atoms with Crippen LogP contribution in [0, 0.1) is 5.92 Å². The number of thioether (sulfide) groups is 1. The molecule has 1 heterocycles. The molecule has 4 nitrogen and oxygen atoms in total. The van der Waals surface area contributed by atoms with Crippen molar-refractivity contribution in [2.75, 3.05) is 6.54 Å². The normalized spacial score (nSPS) is 18.3. The first kappa shape index (κ1) is 13.9. The summed E-state index contributed by atoms with van der Waals surface area (Å²) in [6.07, 6.45) is 7.33. The van der Waals surface area contributed by atoms with Crippen LogP contribution in [0.4, 0.5) is 0 Å². The Labute approximate surface area is 113 Å². The number of rotatable bonds is 7. The molecule has 0 spiro atoms. The molecule has 1 unspecified atom stereocenters. The van der Waals surface area contributed by atoms with Crippen LogP contribution in [-0.2, 0) is 12.2 Å². The Morgan fingerprint density at radius 2 is 2.22 bits per heavy atom. The highest BCUT2D eigenvalue weighted by molar-refractivity contribution is 7.99. The first-order valence-electron chi connectivity index (χ1n) is 6.95. The summed E-state index contributed by atoms with van der Waals surface area (Å²) in [6.45, 7) is 2.83. The van der Waals surface area contributed by atoms with Gasteiger partial charge < -0.3 is 10.3 Å². The van der Waals surface area contributed by atoms with E-state index in [0.29, 0.717) is 12.5 Å². The van der Waals surface area contributed by atoms with Crippen molar-refractivity contribution in [1.82, 2.24) is 10.1 Å². The van der Waals surface area contributed by atoms with Crippen molar-refractivity contribution in [3.8, 4) is 0 Å². The van der Waals surface area contributed by atoms with Gasteiger partial charge in [0.15, 0.2) is 5.82 Å². The third-order valence-electron chi connectivity index (χ3n) is 3.63. The van der Waals surface area contributed by atoms with Gasteiger partial charge in [0.2, 0.25) is 5.89 Å². The molecule has 0 aliphatic heterocycles. The SMILES string of the molecule is CCC(CN)Cc1nc(CSC2CCCC2)no1. The van der Waals surface area contributed by atoms with Crippen LogP contribution in [0.3, 0.4) is 0 Å². The van der Waals surface area contributed by atoms with Crippen LogP contribution in [0.5, 0.6) is 0 Å². The molecule has 0 amide bonds. The second kappa shape index (κ2) is 7.14. The minimum absolute atomic E-state index is 0.459. The van der Waals surface area contributed by atoms with E-state index in [1.54, 1.807) is 0 Å². The molecule has 1 atom stereocenters. The van der Waals surface area contributed by atoms with E-state index >= 15 is 0 Å². The molecule has 1 fully saturated rings. The molecule has 1 aromatic rings. The van der Waals surface area contributed by atoms with E-state index in [1.807, 2.05) is 11.8 Å². The highest BCUT2D eigenvalue weighted by atomic mass is 32.2. The summed E-state index contributed by atoms with van der Waals surface area (Å²) in [5.41, 5.74) is 5.69. The summed E-state index contributed by atoms with van der Waals surface area (Å²) in [6, 6.07) is 0. The van der Waals surface area contributed by atoms with E-state index in [9.17, 15) is 0 Å². The molecule has 1 aromatic heterocycles. The fourth-order valence-electron chi connectivity index (χ4n) is 2.32. The number of nitrogens with two attached hydrogens (primary N) is 1. The van der Waals surface area contributed by atoms with E-state index < -0.39 is 0 Å². The molecular weight excluding hydrogens is 246 g/mol. The van der Waals surface area contributed by atoms with Gasteiger partial charge in [0.25, 0.3) is 0 Å². The van der Waals surface area contributed by atoms with E-state index in [4.69, 9.17) is 10.3 Å². The summed E-state index contributed by atoms with van der Waals surface area (Å²) in [5.74, 6) is 2.93. The highest BCUT2D eigenvalue weighted by Crippen LogP contribution is 2.31. The molecule has 102 valence electrons. The number of nitrogens with zero attached hydrogens (tertiary/aromatic N) is 2. The molecule has 0 aromatic carbocycles. The lowest BCUT2D eigenvalue weighted by molar-refractivity contribution is 0.348. The topological polar surface area (TPSA) is 64.9 Å².